The molecule has 1 aromatic heterocycles. The summed E-state index contributed by atoms with van der Waals surface area (Å²) in [6, 6.07) is 4.25. The molecule has 0 spiro atoms. The Kier molecular flexibility index (Phi) is 5.59. The fourth-order valence-electron chi connectivity index (χ4n) is 3.23. The molecule has 1 fully saturated rings. The monoisotopic (exact) mass is 432 g/mol. The number of nitrogens with zero attached hydrogens (tertiary/aromatic N) is 2. The molecule has 1 amide bonds. The fourth-order valence-corrected chi connectivity index (χ4v) is 3.77. The van der Waals surface area contributed by atoms with Crippen LogP contribution in [0.15, 0.2) is 33.7 Å². The number of anilines is 2. The average Bonchev–Trinajstić information content (AvgIpc) is 3.04. The summed E-state index contributed by atoms with van der Waals surface area (Å²) in [6.07, 6.45) is -4.09. The van der Waals surface area contributed by atoms with Crippen molar-refractivity contribution in [3.63, 3.8) is 0 Å². The van der Waals surface area contributed by atoms with Crippen molar-refractivity contribution in [2.45, 2.75) is 30.8 Å². The van der Waals surface area contributed by atoms with Crippen LogP contribution >= 0.6 is 0 Å². The molecule has 8 nitrogen and oxygen atoms in total. The van der Waals surface area contributed by atoms with Gasteiger partial charge in [0, 0.05) is 30.8 Å². The van der Waals surface area contributed by atoms with E-state index in [0.717, 1.165) is 12.1 Å². The van der Waals surface area contributed by atoms with Crippen LogP contribution in [0.4, 0.5) is 24.7 Å². The molecule has 158 valence electrons. The SMILES string of the molecule is Cc1cc(NC(=O)C2CCN(c3ccc(S(N)(=O)=O)cc3C(F)(F)F)CC2)no1. The lowest BCUT2D eigenvalue weighted by Gasteiger charge is -2.34. The lowest BCUT2D eigenvalue weighted by molar-refractivity contribution is -0.137. The van der Waals surface area contributed by atoms with Gasteiger partial charge in [-0.3, -0.25) is 4.79 Å². The van der Waals surface area contributed by atoms with Gasteiger partial charge in [-0.05, 0) is 38.0 Å². The van der Waals surface area contributed by atoms with E-state index in [1.165, 1.54) is 4.90 Å². The zero-order chi connectivity index (χ0) is 21.4. The maximum Gasteiger partial charge on any atom is 0.418 e. The third-order valence-corrected chi connectivity index (χ3v) is 5.60. The van der Waals surface area contributed by atoms with Crippen molar-refractivity contribution in [3.8, 4) is 0 Å². The Morgan fingerprint density at radius 1 is 1.28 bits per heavy atom. The lowest BCUT2D eigenvalue weighted by atomic mass is 9.95. The van der Waals surface area contributed by atoms with Gasteiger partial charge in [0.15, 0.2) is 5.82 Å². The second-order valence-corrected chi connectivity index (χ2v) is 8.36. The number of primary sulfonamides is 1. The number of halogens is 3. The number of aryl methyl sites for hydroxylation is 1. The third kappa shape index (κ3) is 4.88. The van der Waals surface area contributed by atoms with Crippen molar-refractivity contribution >= 4 is 27.4 Å². The molecule has 0 unspecified atom stereocenters. The van der Waals surface area contributed by atoms with E-state index in [-0.39, 0.29) is 36.4 Å². The highest BCUT2D eigenvalue weighted by molar-refractivity contribution is 7.89. The standard InChI is InChI=1S/C17H19F3N4O4S/c1-10-8-15(23-28-10)22-16(25)11-4-6-24(7-5-11)14-3-2-12(29(21,26)27)9-13(14)17(18,19)20/h2-3,8-9,11H,4-7H2,1H3,(H2,21,26,27)(H,22,23,25). The molecule has 29 heavy (non-hydrogen) atoms. The number of alkyl halides is 3. The van der Waals surface area contributed by atoms with E-state index in [4.69, 9.17) is 9.66 Å². The number of aromatic nitrogens is 1. The molecule has 1 aliphatic heterocycles. The van der Waals surface area contributed by atoms with Crippen molar-refractivity contribution in [2.24, 2.45) is 11.1 Å². The van der Waals surface area contributed by atoms with Gasteiger partial charge >= 0.3 is 6.18 Å². The normalized spacial score (nSPS) is 16.1. The Hall–Kier alpha value is -2.60. The number of hydrogen-bond acceptors (Lipinski definition) is 6. The van der Waals surface area contributed by atoms with Crippen LogP contribution in [0.3, 0.4) is 0 Å². The number of benzene rings is 1. The Labute approximate surface area is 164 Å². The van der Waals surface area contributed by atoms with E-state index in [9.17, 15) is 26.4 Å². The predicted octanol–water partition coefficient (Wildman–Crippen LogP) is 2.50. The van der Waals surface area contributed by atoms with Crippen molar-refractivity contribution in [2.75, 3.05) is 23.3 Å². The predicted molar refractivity (Wildman–Crippen MR) is 97.6 cm³/mol. The van der Waals surface area contributed by atoms with Crippen molar-refractivity contribution < 1.29 is 30.9 Å². The highest BCUT2D eigenvalue weighted by Gasteiger charge is 2.37. The minimum absolute atomic E-state index is 0.143. The van der Waals surface area contributed by atoms with E-state index < -0.39 is 26.7 Å². The largest absolute Gasteiger partial charge is 0.418 e. The molecule has 12 heteroatoms. The molecular formula is C17H19F3N4O4S. The van der Waals surface area contributed by atoms with E-state index >= 15 is 0 Å². The Morgan fingerprint density at radius 3 is 2.45 bits per heavy atom. The molecule has 1 aromatic carbocycles. The van der Waals surface area contributed by atoms with Crippen LogP contribution in [0.25, 0.3) is 0 Å². The fraction of sp³-hybridized carbons (Fsp3) is 0.412. The molecule has 0 saturated carbocycles. The molecule has 1 saturated heterocycles. The third-order valence-electron chi connectivity index (χ3n) is 4.69. The van der Waals surface area contributed by atoms with Crippen LogP contribution in [0.5, 0.6) is 0 Å². The Morgan fingerprint density at radius 2 is 1.93 bits per heavy atom. The molecule has 0 bridgehead atoms. The molecule has 0 radical (unpaired) electrons. The number of rotatable bonds is 4. The first-order valence-electron chi connectivity index (χ1n) is 8.68. The van der Waals surface area contributed by atoms with E-state index in [0.29, 0.717) is 24.7 Å². The minimum Gasteiger partial charge on any atom is -0.371 e. The number of nitrogens with one attached hydrogen (secondary N) is 1. The zero-order valence-electron chi connectivity index (χ0n) is 15.4. The van der Waals surface area contributed by atoms with Gasteiger partial charge < -0.3 is 14.7 Å². The van der Waals surface area contributed by atoms with Gasteiger partial charge in [-0.2, -0.15) is 13.2 Å². The Balaban J connectivity index is 1.74. The smallest absolute Gasteiger partial charge is 0.371 e. The zero-order valence-corrected chi connectivity index (χ0v) is 16.2. The minimum atomic E-state index is -4.75. The van der Waals surface area contributed by atoms with Crippen LogP contribution < -0.4 is 15.4 Å². The van der Waals surface area contributed by atoms with Gasteiger partial charge in [0.25, 0.3) is 0 Å². The summed E-state index contributed by atoms with van der Waals surface area (Å²) in [4.78, 5) is 13.2. The van der Waals surface area contributed by atoms with E-state index in [1.54, 1.807) is 13.0 Å². The first-order chi connectivity index (χ1) is 13.4. The van der Waals surface area contributed by atoms with Crippen LogP contribution in [0, 0.1) is 12.8 Å². The van der Waals surface area contributed by atoms with Gasteiger partial charge in [0.05, 0.1) is 10.5 Å². The summed E-state index contributed by atoms with van der Waals surface area (Å²) in [7, 11) is -4.27. The van der Waals surface area contributed by atoms with Gasteiger partial charge in [0.1, 0.15) is 5.76 Å². The highest BCUT2D eigenvalue weighted by atomic mass is 32.2. The van der Waals surface area contributed by atoms with Gasteiger partial charge in [-0.15, -0.1) is 0 Å². The maximum absolute atomic E-state index is 13.5. The lowest BCUT2D eigenvalue weighted by Crippen LogP contribution is -2.39. The first-order valence-corrected chi connectivity index (χ1v) is 10.2. The number of nitrogens with two attached hydrogens (primary N) is 1. The number of carbonyl (C=O) groups is 1. The summed E-state index contributed by atoms with van der Waals surface area (Å²) in [5, 5.41) is 11.3. The summed E-state index contributed by atoms with van der Waals surface area (Å²) in [6.45, 7) is 2.09. The van der Waals surface area contributed by atoms with E-state index in [2.05, 4.69) is 10.5 Å². The van der Waals surface area contributed by atoms with Crippen LogP contribution in [0.1, 0.15) is 24.2 Å². The molecule has 2 aromatic rings. The number of carbonyl (C=O) groups excluding carboxylic acids is 1. The van der Waals surface area contributed by atoms with Crippen LogP contribution in [-0.4, -0.2) is 32.6 Å². The second-order valence-electron chi connectivity index (χ2n) is 6.80. The summed E-state index contributed by atoms with van der Waals surface area (Å²) < 4.78 is 68.1. The number of piperidine rings is 1. The van der Waals surface area contributed by atoms with Gasteiger partial charge in [-0.25, -0.2) is 13.6 Å². The molecule has 2 heterocycles. The number of sulfonamides is 1. The van der Waals surface area contributed by atoms with Crippen LogP contribution in [0.2, 0.25) is 0 Å². The molecule has 1 aliphatic rings. The van der Waals surface area contributed by atoms with E-state index in [1.807, 2.05) is 0 Å². The molecule has 3 rings (SSSR count). The van der Waals surface area contributed by atoms with Crippen LogP contribution in [-0.2, 0) is 21.0 Å². The van der Waals surface area contributed by atoms with Crippen molar-refractivity contribution in [1.29, 1.82) is 0 Å². The maximum atomic E-state index is 13.5. The van der Waals surface area contributed by atoms with Crippen molar-refractivity contribution in [1.82, 2.24) is 5.16 Å². The number of amides is 1. The number of hydrogen-bond donors (Lipinski definition) is 2. The van der Waals surface area contributed by atoms with Gasteiger partial charge in [-0.1, -0.05) is 5.16 Å². The highest BCUT2D eigenvalue weighted by Crippen LogP contribution is 2.39. The molecule has 0 atom stereocenters. The summed E-state index contributed by atoms with van der Waals surface area (Å²) in [5.74, 6) is 0.158. The van der Waals surface area contributed by atoms with Gasteiger partial charge in [0.2, 0.25) is 15.9 Å². The quantitative estimate of drug-likeness (QED) is 0.766. The molecular weight excluding hydrogens is 413 g/mol. The summed E-state index contributed by atoms with van der Waals surface area (Å²) >= 11 is 0. The summed E-state index contributed by atoms with van der Waals surface area (Å²) in [5.41, 5.74) is -1.22. The average molecular weight is 432 g/mol. The first kappa shape index (κ1) is 21.1. The van der Waals surface area contributed by atoms with Crippen molar-refractivity contribution in [3.05, 3.63) is 35.6 Å². The Bertz CT molecular complexity index is 1010. The topological polar surface area (TPSA) is 119 Å². The molecule has 0 aliphatic carbocycles. The molecule has 3 N–H and O–H groups in total. The second kappa shape index (κ2) is 7.67.